The van der Waals surface area contributed by atoms with Crippen molar-refractivity contribution in [3.63, 3.8) is 0 Å². The van der Waals surface area contributed by atoms with Crippen molar-refractivity contribution in [2.75, 3.05) is 13.1 Å². The van der Waals surface area contributed by atoms with Crippen molar-refractivity contribution in [1.29, 1.82) is 0 Å². The molecule has 1 heteroatoms. The van der Waals surface area contributed by atoms with Crippen LogP contribution < -0.4 is 0 Å². The van der Waals surface area contributed by atoms with Gasteiger partial charge in [0.2, 0.25) is 0 Å². The number of fused-ring (bicyclic) bond motifs is 2. The standard InChI is InChI=1S/C22H27N/c1-17(2)23-14-12-22(13-15-23)16-20(18-8-4-3-5-9-18)19-10-6-7-11-21(19)22/h3-11,17,20H,12-16H2,1-2H3. The first-order valence-corrected chi connectivity index (χ1v) is 9.08. The fraction of sp³-hybridized carbons (Fsp3) is 0.455. The number of rotatable bonds is 2. The van der Waals surface area contributed by atoms with Crippen LogP contribution in [0.4, 0.5) is 0 Å². The topological polar surface area (TPSA) is 3.24 Å². The molecular weight excluding hydrogens is 278 g/mol. The fourth-order valence-corrected chi connectivity index (χ4v) is 4.82. The fourth-order valence-electron chi connectivity index (χ4n) is 4.82. The van der Waals surface area contributed by atoms with Gasteiger partial charge in [-0.25, -0.2) is 0 Å². The molecule has 2 aliphatic rings. The Hall–Kier alpha value is -1.60. The van der Waals surface area contributed by atoms with Crippen molar-refractivity contribution >= 4 is 0 Å². The van der Waals surface area contributed by atoms with Crippen molar-refractivity contribution in [2.24, 2.45) is 0 Å². The first-order valence-electron chi connectivity index (χ1n) is 9.08. The third-order valence-electron chi connectivity index (χ3n) is 6.19. The van der Waals surface area contributed by atoms with Crippen LogP contribution in [0, 0.1) is 0 Å². The zero-order valence-corrected chi connectivity index (χ0v) is 14.3. The number of likely N-dealkylation sites (tertiary alicyclic amines) is 1. The van der Waals surface area contributed by atoms with Gasteiger partial charge in [-0.3, -0.25) is 0 Å². The van der Waals surface area contributed by atoms with E-state index < -0.39 is 0 Å². The number of piperidine rings is 1. The van der Waals surface area contributed by atoms with Crippen LogP contribution in [0.3, 0.4) is 0 Å². The van der Waals surface area contributed by atoms with E-state index in [1.165, 1.54) is 37.9 Å². The Kier molecular flexibility index (Phi) is 3.77. The molecule has 1 atom stereocenters. The predicted octanol–water partition coefficient (Wildman–Crippen LogP) is 4.96. The van der Waals surface area contributed by atoms with E-state index in [0.29, 0.717) is 17.4 Å². The summed E-state index contributed by atoms with van der Waals surface area (Å²) in [6.07, 6.45) is 3.92. The Balaban J connectivity index is 1.69. The Morgan fingerprint density at radius 3 is 2.26 bits per heavy atom. The van der Waals surface area contributed by atoms with E-state index in [9.17, 15) is 0 Å². The van der Waals surface area contributed by atoms with Crippen LogP contribution in [0.2, 0.25) is 0 Å². The van der Waals surface area contributed by atoms with Gasteiger partial charge in [0.1, 0.15) is 0 Å². The lowest BCUT2D eigenvalue weighted by Gasteiger charge is -2.42. The minimum atomic E-state index is 0.405. The second-order valence-electron chi connectivity index (χ2n) is 7.66. The molecule has 2 aromatic carbocycles. The Morgan fingerprint density at radius 1 is 0.913 bits per heavy atom. The van der Waals surface area contributed by atoms with E-state index in [-0.39, 0.29) is 0 Å². The summed E-state index contributed by atoms with van der Waals surface area (Å²) in [6, 6.07) is 21.0. The molecule has 1 aliphatic heterocycles. The summed E-state index contributed by atoms with van der Waals surface area (Å²) in [7, 11) is 0. The van der Waals surface area contributed by atoms with Gasteiger partial charge in [0.25, 0.3) is 0 Å². The molecule has 0 bridgehead atoms. The molecular formula is C22H27N. The Labute approximate surface area is 140 Å². The maximum Gasteiger partial charge on any atom is 0.0101 e. The lowest BCUT2D eigenvalue weighted by atomic mass is 9.73. The highest BCUT2D eigenvalue weighted by Gasteiger charge is 2.45. The van der Waals surface area contributed by atoms with E-state index >= 15 is 0 Å². The second-order valence-corrected chi connectivity index (χ2v) is 7.66. The predicted molar refractivity (Wildman–Crippen MR) is 97.0 cm³/mol. The molecule has 0 saturated carbocycles. The van der Waals surface area contributed by atoms with Crippen LogP contribution in [0.15, 0.2) is 54.6 Å². The van der Waals surface area contributed by atoms with Crippen LogP contribution in [0.25, 0.3) is 0 Å². The lowest BCUT2D eigenvalue weighted by Crippen LogP contribution is -2.44. The van der Waals surface area contributed by atoms with Crippen molar-refractivity contribution in [3.8, 4) is 0 Å². The quantitative estimate of drug-likeness (QED) is 0.757. The SMILES string of the molecule is CC(C)N1CCC2(CC1)CC(c1ccccc1)c1ccccc12. The molecule has 1 heterocycles. The molecule has 120 valence electrons. The van der Waals surface area contributed by atoms with Gasteiger partial charge in [-0.2, -0.15) is 0 Å². The summed E-state index contributed by atoms with van der Waals surface area (Å²) >= 11 is 0. The number of hydrogen-bond acceptors (Lipinski definition) is 1. The van der Waals surface area contributed by atoms with Crippen LogP contribution >= 0.6 is 0 Å². The molecule has 0 aromatic heterocycles. The van der Waals surface area contributed by atoms with Gasteiger partial charge in [-0.1, -0.05) is 54.6 Å². The average Bonchev–Trinajstić information content (AvgIpc) is 2.91. The Bertz CT molecular complexity index is 665. The van der Waals surface area contributed by atoms with Crippen LogP contribution in [-0.2, 0) is 5.41 Å². The van der Waals surface area contributed by atoms with Gasteiger partial charge >= 0.3 is 0 Å². The first-order chi connectivity index (χ1) is 11.2. The monoisotopic (exact) mass is 305 g/mol. The van der Waals surface area contributed by atoms with E-state index in [2.05, 4.69) is 73.3 Å². The van der Waals surface area contributed by atoms with Crippen molar-refractivity contribution < 1.29 is 0 Å². The largest absolute Gasteiger partial charge is 0.301 e. The summed E-state index contributed by atoms with van der Waals surface area (Å²) in [4.78, 5) is 2.64. The van der Waals surface area contributed by atoms with Gasteiger partial charge in [0.05, 0.1) is 0 Å². The zero-order valence-electron chi connectivity index (χ0n) is 14.3. The van der Waals surface area contributed by atoms with Gasteiger partial charge in [0.15, 0.2) is 0 Å². The van der Waals surface area contributed by atoms with Crippen molar-refractivity contribution in [2.45, 2.75) is 50.5 Å². The normalized spacial score (nSPS) is 23.3. The van der Waals surface area contributed by atoms with Crippen molar-refractivity contribution in [1.82, 2.24) is 4.90 Å². The lowest BCUT2D eigenvalue weighted by molar-refractivity contribution is 0.127. The number of benzene rings is 2. The highest BCUT2D eigenvalue weighted by molar-refractivity contribution is 5.48. The summed E-state index contributed by atoms with van der Waals surface area (Å²) in [5.41, 5.74) is 5.11. The minimum absolute atomic E-state index is 0.405. The molecule has 0 amide bonds. The zero-order chi connectivity index (χ0) is 15.9. The summed E-state index contributed by atoms with van der Waals surface area (Å²) in [5.74, 6) is 0.581. The van der Waals surface area contributed by atoms with E-state index in [0.717, 1.165) is 0 Å². The van der Waals surface area contributed by atoms with Crippen LogP contribution in [-0.4, -0.2) is 24.0 Å². The van der Waals surface area contributed by atoms with Crippen molar-refractivity contribution in [3.05, 3.63) is 71.3 Å². The van der Waals surface area contributed by atoms with Gasteiger partial charge in [-0.15, -0.1) is 0 Å². The molecule has 1 saturated heterocycles. The third kappa shape index (κ3) is 2.52. The highest BCUT2D eigenvalue weighted by atomic mass is 15.2. The third-order valence-corrected chi connectivity index (χ3v) is 6.19. The molecule has 4 rings (SSSR count). The average molecular weight is 305 g/mol. The summed E-state index contributed by atoms with van der Waals surface area (Å²) in [6.45, 7) is 7.14. The molecule has 1 nitrogen and oxygen atoms in total. The molecule has 1 spiro atoms. The number of hydrogen-bond donors (Lipinski definition) is 0. The van der Waals surface area contributed by atoms with Gasteiger partial charge in [-0.05, 0) is 68.3 Å². The van der Waals surface area contributed by atoms with Gasteiger partial charge < -0.3 is 4.90 Å². The first kappa shape index (κ1) is 15.0. The Morgan fingerprint density at radius 2 is 1.57 bits per heavy atom. The maximum atomic E-state index is 2.64. The minimum Gasteiger partial charge on any atom is -0.301 e. The van der Waals surface area contributed by atoms with Gasteiger partial charge in [0, 0.05) is 12.0 Å². The maximum absolute atomic E-state index is 2.64. The van der Waals surface area contributed by atoms with E-state index in [4.69, 9.17) is 0 Å². The molecule has 0 radical (unpaired) electrons. The molecule has 1 aliphatic carbocycles. The van der Waals surface area contributed by atoms with E-state index in [1.807, 2.05) is 0 Å². The smallest absolute Gasteiger partial charge is 0.0101 e. The molecule has 1 fully saturated rings. The second kappa shape index (κ2) is 5.79. The van der Waals surface area contributed by atoms with Crippen LogP contribution in [0.5, 0.6) is 0 Å². The summed E-state index contributed by atoms with van der Waals surface area (Å²) in [5, 5.41) is 0. The highest BCUT2D eigenvalue weighted by Crippen LogP contribution is 2.53. The molecule has 23 heavy (non-hydrogen) atoms. The summed E-state index contributed by atoms with van der Waals surface area (Å²) < 4.78 is 0. The van der Waals surface area contributed by atoms with E-state index in [1.54, 1.807) is 11.1 Å². The molecule has 0 N–H and O–H groups in total. The number of nitrogens with zero attached hydrogens (tertiary/aromatic N) is 1. The molecule has 2 aromatic rings. The van der Waals surface area contributed by atoms with Crippen LogP contribution in [0.1, 0.15) is 55.7 Å². The molecule has 1 unspecified atom stereocenters.